The lowest BCUT2D eigenvalue weighted by Crippen LogP contribution is -2.21. The molecule has 6 heteroatoms. The van der Waals surface area contributed by atoms with Crippen molar-refractivity contribution < 1.29 is 0 Å². The van der Waals surface area contributed by atoms with E-state index in [2.05, 4.69) is 159 Å². The molecule has 0 spiro atoms. The SMILES string of the molecule is CN(C)C(SSC(N(C)C)=S(c1ccccc1)c1ccccc1)=S(c1ccccc1)c1ccccc1. The van der Waals surface area contributed by atoms with Gasteiger partial charge in [0.1, 0.15) is 0 Å². The van der Waals surface area contributed by atoms with E-state index in [0.717, 1.165) is 0 Å². The van der Waals surface area contributed by atoms with Crippen LogP contribution in [-0.4, -0.2) is 46.6 Å². The van der Waals surface area contributed by atoms with E-state index in [4.69, 9.17) is 0 Å². The Morgan fingerprint density at radius 3 is 0.833 bits per heavy atom. The van der Waals surface area contributed by atoms with Crippen LogP contribution in [0.4, 0.5) is 0 Å². The highest BCUT2D eigenvalue weighted by atomic mass is 33.1. The van der Waals surface area contributed by atoms with Gasteiger partial charge in [-0.15, -0.1) is 0 Å². The van der Waals surface area contributed by atoms with Crippen LogP contribution in [0.5, 0.6) is 0 Å². The Balaban J connectivity index is 1.85. The largest absolute Gasteiger partial charge is 0.270 e. The van der Waals surface area contributed by atoms with E-state index in [0.29, 0.717) is 0 Å². The van der Waals surface area contributed by atoms with E-state index in [1.54, 1.807) is 0 Å². The van der Waals surface area contributed by atoms with E-state index in [1.165, 1.54) is 28.2 Å². The van der Waals surface area contributed by atoms with Gasteiger partial charge in [0.25, 0.3) is 0 Å². The van der Waals surface area contributed by atoms with Crippen LogP contribution in [0.2, 0.25) is 0 Å². The van der Waals surface area contributed by atoms with Crippen LogP contribution in [0.15, 0.2) is 141 Å². The lowest BCUT2D eigenvalue weighted by molar-refractivity contribution is 0.647. The van der Waals surface area contributed by atoms with Crippen molar-refractivity contribution in [3.05, 3.63) is 121 Å². The van der Waals surface area contributed by atoms with E-state index < -0.39 is 0 Å². The molecule has 0 aliphatic carbocycles. The fourth-order valence-corrected chi connectivity index (χ4v) is 12.7. The molecule has 0 heterocycles. The van der Waals surface area contributed by atoms with Crippen LogP contribution in [0.25, 0.3) is 0 Å². The maximum atomic E-state index is 2.29. The molecule has 0 N–H and O–H groups in total. The summed E-state index contributed by atoms with van der Waals surface area (Å²) >= 11 is 0. The molecule has 0 aliphatic rings. The van der Waals surface area contributed by atoms with Crippen molar-refractivity contribution >= 4 is 51.2 Å². The summed E-state index contributed by atoms with van der Waals surface area (Å²) in [6, 6.07) is 43.5. The lowest BCUT2D eigenvalue weighted by Gasteiger charge is -2.25. The van der Waals surface area contributed by atoms with Crippen molar-refractivity contribution in [1.29, 1.82) is 0 Å². The topological polar surface area (TPSA) is 6.48 Å². The first-order valence-electron chi connectivity index (χ1n) is 11.7. The first-order valence-corrected chi connectivity index (χ1v) is 16.3. The minimum atomic E-state index is -0.195. The Bertz CT molecular complexity index is 1120. The summed E-state index contributed by atoms with van der Waals surface area (Å²) in [5.41, 5.74) is 0. The lowest BCUT2D eigenvalue weighted by atomic mass is 10.4. The molecule has 186 valence electrons. The first kappa shape index (κ1) is 27.0. The number of nitrogens with zero attached hydrogens (tertiary/aromatic N) is 2. The highest BCUT2D eigenvalue weighted by Crippen LogP contribution is 2.47. The molecule has 0 unspecified atom stereocenters. The predicted octanol–water partition coefficient (Wildman–Crippen LogP) is 8.44. The van der Waals surface area contributed by atoms with Crippen molar-refractivity contribution in [3.8, 4) is 0 Å². The van der Waals surface area contributed by atoms with Crippen LogP contribution in [-0.2, 0) is 0 Å². The third-order valence-electron chi connectivity index (χ3n) is 5.18. The van der Waals surface area contributed by atoms with Gasteiger partial charge >= 0.3 is 0 Å². The van der Waals surface area contributed by atoms with Gasteiger partial charge in [-0.1, -0.05) is 93.8 Å². The van der Waals surface area contributed by atoms with Crippen molar-refractivity contribution in [2.24, 2.45) is 0 Å². The second-order valence-corrected chi connectivity index (χ2v) is 14.9. The van der Waals surface area contributed by atoms with Gasteiger partial charge in [-0.05, 0) is 98.3 Å². The molecule has 0 fully saturated rings. The Labute approximate surface area is 229 Å². The standard InChI is InChI=1S/C30H32N2S4/c1-31(2)29(35(25-17-9-5-10-18-25)26-19-11-6-12-20-26)33-34-30(32(3)4)36(27-21-13-7-14-22-27)28-23-15-8-16-24-28/h5-24H,1-4H3. The molecule has 4 rings (SSSR count). The van der Waals surface area contributed by atoms with E-state index in [-0.39, 0.29) is 21.0 Å². The highest BCUT2D eigenvalue weighted by molar-refractivity contribution is 8.90. The molecule has 36 heavy (non-hydrogen) atoms. The minimum Gasteiger partial charge on any atom is -0.270 e. The minimum absolute atomic E-state index is 0.195. The van der Waals surface area contributed by atoms with Gasteiger partial charge in [0.15, 0.2) is 0 Å². The van der Waals surface area contributed by atoms with Crippen molar-refractivity contribution in [2.75, 3.05) is 28.2 Å². The normalized spacial score (nSPS) is 11.4. The Hall–Kier alpha value is -2.06. The molecule has 0 radical (unpaired) electrons. The van der Waals surface area contributed by atoms with E-state index in [9.17, 15) is 0 Å². The molecule has 0 amide bonds. The first-order chi connectivity index (χ1) is 17.6. The van der Waals surface area contributed by atoms with Crippen molar-refractivity contribution in [2.45, 2.75) is 19.6 Å². The fraction of sp³-hybridized carbons (Fsp3) is 0.133. The third kappa shape index (κ3) is 6.82. The fourth-order valence-electron chi connectivity index (χ4n) is 3.56. The molecule has 0 atom stereocenters. The summed E-state index contributed by atoms with van der Waals surface area (Å²) in [7, 11) is 12.0. The zero-order chi connectivity index (χ0) is 25.3. The molecule has 4 aromatic rings. The van der Waals surface area contributed by atoms with Gasteiger partial charge in [0.05, 0.1) is 8.64 Å². The van der Waals surface area contributed by atoms with Crippen LogP contribution >= 0.6 is 42.6 Å². The Morgan fingerprint density at radius 1 is 0.417 bits per heavy atom. The summed E-state index contributed by atoms with van der Waals surface area (Å²) in [5, 5.41) is 0. The number of rotatable bonds is 4. The monoisotopic (exact) mass is 548 g/mol. The van der Waals surface area contributed by atoms with E-state index >= 15 is 0 Å². The maximum absolute atomic E-state index is 2.29. The molecule has 0 aromatic heterocycles. The molecule has 0 bridgehead atoms. The molecular formula is C30H32N2S4. The number of benzene rings is 4. The van der Waals surface area contributed by atoms with Gasteiger partial charge in [-0.2, -0.15) is 0 Å². The van der Waals surface area contributed by atoms with Gasteiger partial charge in [0, 0.05) is 19.6 Å². The molecule has 0 saturated carbocycles. The van der Waals surface area contributed by atoms with Crippen LogP contribution in [0.1, 0.15) is 0 Å². The number of hydrogen-bond donors (Lipinski definition) is 0. The number of hydrogen-bond acceptors (Lipinski definition) is 2. The highest BCUT2D eigenvalue weighted by Gasteiger charge is 2.19. The zero-order valence-electron chi connectivity index (χ0n) is 21.1. The third-order valence-corrected chi connectivity index (χ3v) is 14.0. The molecule has 0 saturated heterocycles. The average Bonchev–Trinajstić information content (AvgIpc) is 2.92. The van der Waals surface area contributed by atoms with Crippen LogP contribution in [0, 0.1) is 0 Å². The Kier molecular flexibility index (Phi) is 10.1. The molecular weight excluding hydrogens is 517 g/mol. The average molecular weight is 549 g/mol. The summed E-state index contributed by atoms with van der Waals surface area (Å²) in [6.07, 6.45) is 0. The van der Waals surface area contributed by atoms with Gasteiger partial charge in [-0.3, -0.25) is 9.80 Å². The summed E-state index contributed by atoms with van der Waals surface area (Å²) in [4.78, 5) is 9.90. The maximum Gasteiger partial charge on any atom is 0.0954 e. The second-order valence-electron chi connectivity index (χ2n) is 8.35. The zero-order valence-corrected chi connectivity index (χ0v) is 24.3. The second kappa shape index (κ2) is 13.5. The summed E-state index contributed by atoms with van der Waals surface area (Å²) < 4.78 is 2.67. The molecule has 0 aliphatic heterocycles. The van der Waals surface area contributed by atoms with E-state index in [1.807, 2.05) is 21.6 Å². The van der Waals surface area contributed by atoms with Crippen LogP contribution < -0.4 is 0 Å². The van der Waals surface area contributed by atoms with Crippen LogP contribution in [0.3, 0.4) is 0 Å². The quantitative estimate of drug-likeness (QED) is 0.186. The van der Waals surface area contributed by atoms with Gasteiger partial charge in [-0.25, -0.2) is 0 Å². The van der Waals surface area contributed by atoms with Gasteiger partial charge in [0.2, 0.25) is 0 Å². The predicted molar refractivity (Wildman–Crippen MR) is 167 cm³/mol. The van der Waals surface area contributed by atoms with Crippen molar-refractivity contribution in [3.63, 3.8) is 0 Å². The Morgan fingerprint density at radius 2 is 0.639 bits per heavy atom. The molecule has 4 aromatic carbocycles. The smallest absolute Gasteiger partial charge is 0.0954 e. The van der Waals surface area contributed by atoms with Crippen molar-refractivity contribution in [1.82, 2.24) is 9.80 Å². The summed E-state index contributed by atoms with van der Waals surface area (Å²) in [5.74, 6) is 0. The van der Waals surface area contributed by atoms with Gasteiger partial charge < -0.3 is 0 Å². The molecule has 2 nitrogen and oxygen atoms in total. The summed E-state index contributed by atoms with van der Waals surface area (Å²) in [6.45, 7) is 0.